The third-order valence-corrected chi connectivity index (χ3v) is 6.68. The first kappa shape index (κ1) is 21.8. The Bertz CT molecular complexity index is 1210. The van der Waals surface area contributed by atoms with Gasteiger partial charge in [0, 0.05) is 27.7 Å². The molecule has 0 aliphatic carbocycles. The first-order chi connectivity index (χ1) is 15.6. The number of aromatic nitrogens is 1. The molecule has 1 atom stereocenters. The predicted octanol–water partition coefficient (Wildman–Crippen LogP) is 6.18. The zero-order valence-corrected chi connectivity index (χ0v) is 19.0. The summed E-state index contributed by atoms with van der Waals surface area (Å²) in [6.07, 6.45) is 1.66. The number of carbonyl (C=O) groups is 2. The molecule has 0 saturated carbocycles. The van der Waals surface area contributed by atoms with Crippen molar-refractivity contribution < 1.29 is 9.59 Å². The van der Waals surface area contributed by atoms with E-state index in [0.29, 0.717) is 16.4 Å². The van der Waals surface area contributed by atoms with Gasteiger partial charge in [0.1, 0.15) is 5.25 Å². The van der Waals surface area contributed by atoms with Crippen LogP contribution >= 0.6 is 23.1 Å². The largest absolute Gasteiger partial charge is 0.322 e. The van der Waals surface area contributed by atoms with Crippen molar-refractivity contribution in [3.05, 3.63) is 107 Å². The number of amides is 2. The second-order valence-corrected chi connectivity index (χ2v) is 9.11. The van der Waals surface area contributed by atoms with E-state index in [1.165, 1.54) is 23.1 Å². The van der Waals surface area contributed by atoms with Gasteiger partial charge in [0.25, 0.3) is 5.91 Å². The Morgan fingerprint density at radius 3 is 2.47 bits per heavy atom. The summed E-state index contributed by atoms with van der Waals surface area (Å²) in [6.45, 7) is 1.91. The molecule has 0 aliphatic heterocycles. The molecule has 0 fully saturated rings. The normalized spacial score (nSPS) is 11.5. The Morgan fingerprint density at radius 1 is 0.938 bits per heavy atom. The molecular formula is C25H21N3O2S2. The van der Waals surface area contributed by atoms with Gasteiger partial charge >= 0.3 is 0 Å². The fraction of sp³-hybridized carbons (Fsp3) is 0.0800. The maximum Gasteiger partial charge on any atom is 0.255 e. The van der Waals surface area contributed by atoms with E-state index in [1.807, 2.05) is 85.1 Å². The number of carbonyl (C=O) groups excluding carboxylic acids is 2. The van der Waals surface area contributed by atoms with Gasteiger partial charge in [-0.1, -0.05) is 54.6 Å². The van der Waals surface area contributed by atoms with Crippen molar-refractivity contribution in [2.24, 2.45) is 0 Å². The highest BCUT2D eigenvalue weighted by molar-refractivity contribution is 8.00. The van der Waals surface area contributed by atoms with Crippen LogP contribution in [0.3, 0.4) is 0 Å². The minimum Gasteiger partial charge on any atom is -0.322 e. The molecule has 4 rings (SSSR count). The lowest BCUT2D eigenvalue weighted by atomic mass is 10.1. The van der Waals surface area contributed by atoms with Crippen LogP contribution in [0.15, 0.2) is 95.3 Å². The monoisotopic (exact) mass is 459 g/mol. The Hall–Kier alpha value is -3.42. The van der Waals surface area contributed by atoms with E-state index in [4.69, 9.17) is 0 Å². The third-order valence-electron chi connectivity index (χ3n) is 4.74. The van der Waals surface area contributed by atoms with Gasteiger partial charge in [-0.05, 0) is 42.3 Å². The average molecular weight is 460 g/mol. The first-order valence-electron chi connectivity index (χ1n) is 9.99. The van der Waals surface area contributed by atoms with Crippen LogP contribution in [0.4, 0.5) is 10.8 Å². The first-order valence-corrected chi connectivity index (χ1v) is 11.7. The van der Waals surface area contributed by atoms with Crippen molar-refractivity contribution in [3.63, 3.8) is 0 Å². The number of benzene rings is 3. The molecule has 0 bridgehead atoms. The van der Waals surface area contributed by atoms with Crippen LogP contribution in [0.25, 0.3) is 0 Å². The van der Waals surface area contributed by atoms with Crippen LogP contribution < -0.4 is 10.6 Å². The van der Waals surface area contributed by atoms with E-state index >= 15 is 0 Å². The highest BCUT2D eigenvalue weighted by atomic mass is 32.2. The second-order valence-electron chi connectivity index (χ2n) is 7.03. The lowest BCUT2D eigenvalue weighted by Gasteiger charge is -2.17. The van der Waals surface area contributed by atoms with Gasteiger partial charge in [-0.3, -0.25) is 9.59 Å². The van der Waals surface area contributed by atoms with Crippen LogP contribution in [-0.4, -0.2) is 16.8 Å². The van der Waals surface area contributed by atoms with Crippen LogP contribution in [-0.2, 0) is 4.79 Å². The fourth-order valence-corrected chi connectivity index (χ4v) is 4.78. The maximum atomic E-state index is 13.1. The molecule has 1 unspecified atom stereocenters. The number of hydrogen-bond donors (Lipinski definition) is 2. The molecule has 0 spiro atoms. The van der Waals surface area contributed by atoms with E-state index < -0.39 is 5.25 Å². The molecule has 2 N–H and O–H groups in total. The van der Waals surface area contributed by atoms with Crippen molar-refractivity contribution in [1.82, 2.24) is 4.98 Å². The number of nitrogens with one attached hydrogen (secondary N) is 2. The molecule has 0 radical (unpaired) electrons. The summed E-state index contributed by atoms with van der Waals surface area (Å²) >= 11 is 2.80. The van der Waals surface area contributed by atoms with E-state index in [1.54, 1.807) is 12.3 Å². The van der Waals surface area contributed by atoms with Crippen LogP contribution in [0.1, 0.15) is 26.7 Å². The van der Waals surface area contributed by atoms with Gasteiger partial charge < -0.3 is 10.6 Å². The molecule has 7 heteroatoms. The highest BCUT2D eigenvalue weighted by Gasteiger charge is 2.23. The Labute approximate surface area is 194 Å². The third kappa shape index (κ3) is 5.43. The Kier molecular flexibility index (Phi) is 6.99. The number of anilines is 2. The Balaban J connectivity index is 1.54. The number of thiazole rings is 1. The average Bonchev–Trinajstić information content (AvgIpc) is 3.31. The van der Waals surface area contributed by atoms with Crippen LogP contribution in [0.2, 0.25) is 0 Å². The van der Waals surface area contributed by atoms with E-state index in [0.717, 1.165) is 16.0 Å². The van der Waals surface area contributed by atoms with E-state index in [9.17, 15) is 9.59 Å². The second kappa shape index (κ2) is 10.3. The van der Waals surface area contributed by atoms with Gasteiger partial charge in [-0.25, -0.2) is 4.98 Å². The van der Waals surface area contributed by atoms with Gasteiger partial charge in [-0.2, -0.15) is 0 Å². The summed E-state index contributed by atoms with van der Waals surface area (Å²) in [5, 5.41) is 7.77. The summed E-state index contributed by atoms with van der Waals surface area (Å²) in [7, 11) is 0. The molecule has 0 aliphatic rings. The molecular weight excluding hydrogens is 438 g/mol. The molecule has 1 heterocycles. The smallest absolute Gasteiger partial charge is 0.255 e. The predicted molar refractivity (Wildman–Crippen MR) is 131 cm³/mol. The fourth-order valence-electron chi connectivity index (χ4n) is 3.17. The van der Waals surface area contributed by atoms with Crippen molar-refractivity contribution in [1.29, 1.82) is 0 Å². The van der Waals surface area contributed by atoms with Crippen molar-refractivity contribution in [3.8, 4) is 0 Å². The SMILES string of the molecule is Cc1ccccc1C(=O)Nc1cccc(SC(C(=O)Nc2nccs2)c2ccccc2)c1. The summed E-state index contributed by atoms with van der Waals surface area (Å²) in [5.41, 5.74) is 3.12. The molecule has 32 heavy (non-hydrogen) atoms. The summed E-state index contributed by atoms with van der Waals surface area (Å²) in [5.74, 6) is -0.308. The van der Waals surface area contributed by atoms with Gasteiger partial charge in [0.2, 0.25) is 5.91 Å². The zero-order valence-electron chi connectivity index (χ0n) is 17.3. The lowest BCUT2D eigenvalue weighted by molar-refractivity contribution is -0.115. The minimum absolute atomic E-state index is 0.148. The molecule has 160 valence electrons. The maximum absolute atomic E-state index is 13.1. The van der Waals surface area contributed by atoms with E-state index in [2.05, 4.69) is 15.6 Å². The number of thioether (sulfide) groups is 1. The van der Waals surface area contributed by atoms with Crippen LogP contribution in [0, 0.1) is 6.92 Å². The zero-order chi connectivity index (χ0) is 22.3. The highest BCUT2D eigenvalue weighted by Crippen LogP contribution is 2.37. The molecule has 2 amide bonds. The number of aryl methyl sites for hydroxylation is 1. The molecule has 5 nitrogen and oxygen atoms in total. The van der Waals surface area contributed by atoms with Gasteiger partial charge in [-0.15, -0.1) is 23.1 Å². The topological polar surface area (TPSA) is 71.1 Å². The Morgan fingerprint density at radius 2 is 1.72 bits per heavy atom. The molecule has 4 aromatic rings. The number of hydrogen-bond acceptors (Lipinski definition) is 5. The van der Waals surface area contributed by atoms with E-state index in [-0.39, 0.29) is 11.8 Å². The number of nitrogens with zero attached hydrogens (tertiary/aromatic N) is 1. The standard InChI is InChI=1S/C25H21N3O2S2/c1-17-8-5-6-13-21(17)23(29)27-19-11-7-12-20(16-19)32-22(18-9-3-2-4-10-18)24(30)28-25-26-14-15-31-25/h2-16,22H,1H3,(H,27,29)(H,26,28,30). The minimum atomic E-state index is -0.470. The summed E-state index contributed by atoms with van der Waals surface area (Å²) < 4.78 is 0. The van der Waals surface area contributed by atoms with Crippen molar-refractivity contribution in [2.45, 2.75) is 17.1 Å². The number of rotatable bonds is 7. The van der Waals surface area contributed by atoms with Crippen molar-refractivity contribution >= 4 is 45.7 Å². The van der Waals surface area contributed by atoms with Gasteiger partial charge in [0.05, 0.1) is 0 Å². The van der Waals surface area contributed by atoms with Gasteiger partial charge in [0.15, 0.2) is 5.13 Å². The quantitative estimate of drug-likeness (QED) is 0.324. The summed E-state index contributed by atoms with van der Waals surface area (Å²) in [6, 6.07) is 24.6. The summed E-state index contributed by atoms with van der Waals surface area (Å²) in [4.78, 5) is 30.8. The van der Waals surface area contributed by atoms with Crippen LogP contribution in [0.5, 0.6) is 0 Å². The lowest BCUT2D eigenvalue weighted by Crippen LogP contribution is -2.19. The molecule has 3 aromatic carbocycles. The molecule has 0 saturated heterocycles. The molecule has 1 aromatic heterocycles. The van der Waals surface area contributed by atoms with Crippen molar-refractivity contribution in [2.75, 3.05) is 10.6 Å².